The van der Waals surface area contributed by atoms with Gasteiger partial charge in [-0.1, -0.05) is 0 Å². The Morgan fingerprint density at radius 1 is 1.00 bits per heavy atom. The fourth-order valence-corrected chi connectivity index (χ4v) is 3.84. The number of nitrogens with zero attached hydrogens (tertiary/aromatic N) is 2. The molecule has 1 aromatic heterocycles. The standard InChI is InChI=1S/C23H20FN3O4/c24-18-5-3-16(26-7-1-2-8-26)12-19(18)25-23(29)15-11-22(28)27(14-15)17-4-6-20-21(13-17)31-10-9-30-20/h1-8,12-13,15H,9-11,14H2,(H,25,29). The zero-order valence-corrected chi connectivity index (χ0v) is 16.6. The van der Waals surface area contributed by atoms with Gasteiger partial charge in [0.25, 0.3) is 0 Å². The van der Waals surface area contributed by atoms with Crippen LogP contribution in [0.25, 0.3) is 5.69 Å². The second kappa shape index (κ2) is 7.79. The molecule has 2 aliphatic rings. The zero-order valence-electron chi connectivity index (χ0n) is 16.6. The van der Waals surface area contributed by atoms with E-state index in [1.165, 1.54) is 6.07 Å². The number of anilines is 2. The number of ether oxygens (including phenoxy) is 2. The van der Waals surface area contributed by atoms with Crippen molar-refractivity contribution in [2.75, 3.05) is 30.0 Å². The van der Waals surface area contributed by atoms with Gasteiger partial charge in [-0.3, -0.25) is 9.59 Å². The van der Waals surface area contributed by atoms with E-state index in [1.54, 1.807) is 35.2 Å². The molecule has 2 amide bonds. The Hall–Kier alpha value is -3.81. The number of benzene rings is 2. The van der Waals surface area contributed by atoms with Crippen LogP contribution in [0.5, 0.6) is 11.5 Å². The number of hydrogen-bond acceptors (Lipinski definition) is 4. The van der Waals surface area contributed by atoms with E-state index >= 15 is 0 Å². The molecule has 1 fully saturated rings. The van der Waals surface area contributed by atoms with E-state index in [0.29, 0.717) is 30.4 Å². The van der Waals surface area contributed by atoms with E-state index < -0.39 is 17.6 Å². The maximum atomic E-state index is 14.3. The summed E-state index contributed by atoms with van der Waals surface area (Å²) >= 11 is 0. The molecular formula is C23H20FN3O4. The summed E-state index contributed by atoms with van der Waals surface area (Å²) in [6, 6.07) is 13.5. The highest BCUT2D eigenvalue weighted by Crippen LogP contribution is 2.36. The van der Waals surface area contributed by atoms with Crippen LogP contribution in [0.15, 0.2) is 60.9 Å². The van der Waals surface area contributed by atoms with Crippen molar-refractivity contribution < 1.29 is 23.5 Å². The van der Waals surface area contributed by atoms with Gasteiger partial charge in [0.05, 0.1) is 11.6 Å². The first-order chi connectivity index (χ1) is 15.1. The first kappa shape index (κ1) is 19.2. The van der Waals surface area contributed by atoms with Crippen LogP contribution in [0.4, 0.5) is 15.8 Å². The van der Waals surface area contributed by atoms with Crippen LogP contribution in [-0.4, -0.2) is 36.1 Å². The van der Waals surface area contributed by atoms with Crippen LogP contribution >= 0.6 is 0 Å². The Kier molecular flexibility index (Phi) is 4.82. The zero-order chi connectivity index (χ0) is 21.4. The molecule has 1 unspecified atom stereocenters. The van der Waals surface area contributed by atoms with Gasteiger partial charge < -0.3 is 24.3 Å². The van der Waals surface area contributed by atoms with Crippen molar-refractivity contribution in [1.29, 1.82) is 0 Å². The lowest BCUT2D eigenvalue weighted by Gasteiger charge is -2.22. The Bertz CT molecular complexity index is 1150. The largest absolute Gasteiger partial charge is 0.486 e. The highest BCUT2D eigenvalue weighted by molar-refractivity contribution is 6.03. The minimum atomic E-state index is -0.588. The van der Waals surface area contributed by atoms with Crippen molar-refractivity contribution in [3.8, 4) is 17.2 Å². The van der Waals surface area contributed by atoms with Crippen molar-refractivity contribution in [3.63, 3.8) is 0 Å². The summed E-state index contributed by atoms with van der Waals surface area (Å²) in [7, 11) is 0. The third kappa shape index (κ3) is 3.72. The fraction of sp³-hybridized carbons (Fsp3) is 0.217. The summed E-state index contributed by atoms with van der Waals surface area (Å²) in [5.41, 5.74) is 1.45. The summed E-state index contributed by atoms with van der Waals surface area (Å²) < 4.78 is 27.2. The second-order valence-corrected chi connectivity index (χ2v) is 7.48. The molecule has 3 heterocycles. The molecule has 0 bridgehead atoms. The van der Waals surface area contributed by atoms with Gasteiger partial charge in [-0.15, -0.1) is 0 Å². The number of fused-ring (bicyclic) bond motifs is 1. The van der Waals surface area contributed by atoms with E-state index in [-0.39, 0.29) is 24.6 Å². The minimum Gasteiger partial charge on any atom is -0.486 e. The predicted molar refractivity (Wildman–Crippen MR) is 112 cm³/mol. The summed E-state index contributed by atoms with van der Waals surface area (Å²) in [6.07, 6.45) is 3.72. The lowest BCUT2D eigenvalue weighted by molar-refractivity contribution is -0.122. The van der Waals surface area contributed by atoms with E-state index in [9.17, 15) is 14.0 Å². The number of carbonyl (C=O) groups is 2. The molecule has 2 aromatic carbocycles. The molecule has 3 aromatic rings. The number of aromatic nitrogens is 1. The predicted octanol–water partition coefficient (Wildman–Crippen LogP) is 3.38. The lowest BCUT2D eigenvalue weighted by Crippen LogP contribution is -2.28. The Labute approximate surface area is 178 Å². The summed E-state index contributed by atoms with van der Waals surface area (Å²) in [5.74, 6) is -0.467. The van der Waals surface area contributed by atoms with Crippen LogP contribution in [0.2, 0.25) is 0 Å². The van der Waals surface area contributed by atoms with Crippen LogP contribution < -0.4 is 19.7 Å². The van der Waals surface area contributed by atoms with Gasteiger partial charge in [0.2, 0.25) is 11.8 Å². The van der Waals surface area contributed by atoms with Crippen LogP contribution in [-0.2, 0) is 9.59 Å². The van der Waals surface area contributed by atoms with Gasteiger partial charge in [0, 0.05) is 42.8 Å². The van der Waals surface area contributed by atoms with Crippen LogP contribution in [0.3, 0.4) is 0 Å². The Balaban J connectivity index is 1.31. The number of amides is 2. The molecular weight excluding hydrogens is 401 g/mol. The molecule has 8 heteroatoms. The molecule has 158 valence electrons. The number of hydrogen-bond donors (Lipinski definition) is 1. The third-order valence-electron chi connectivity index (χ3n) is 5.44. The van der Waals surface area contributed by atoms with Gasteiger partial charge in [-0.05, 0) is 42.5 Å². The molecule has 5 rings (SSSR count). The van der Waals surface area contributed by atoms with Gasteiger partial charge in [-0.2, -0.15) is 0 Å². The second-order valence-electron chi connectivity index (χ2n) is 7.48. The molecule has 0 saturated carbocycles. The van der Waals surface area contributed by atoms with E-state index in [4.69, 9.17) is 9.47 Å². The minimum absolute atomic E-state index is 0.0547. The van der Waals surface area contributed by atoms with Crippen molar-refractivity contribution in [2.45, 2.75) is 6.42 Å². The normalized spacial score (nSPS) is 17.6. The first-order valence-electron chi connectivity index (χ1n) is 10.0. The third-order valence-corrected chi connectivity index (χ3v) is 5.44. The highest BCUT2D eigenvalue weighted by atomic mass is 19.1. The quantitative estimate of drug-likeness (QED) is 0.701. The average Bonchev–Trinajstić information content (AvgIpc) is 3.45. The van der Waals surface area contributed by atoms with E-state index in [2.05, 4.69) is 5.32 Å². The van der Waals surface area contributed by atoms with E-state index in [0.717, 1.165) is 5.69 Å². The Morgan fingerprint density at radius 2 is 1.74 bits per heavy atom. The number of halogens is 1. The molecule has 7 nitrogen and oxygen atoms in total. The van der Waals surface area contributed by atoms with Crippen molar-refractivity contribution in [2.24, 2.45) is 5.92 Å². The van der Waals surface area contributed by atoms with Crippen molar-refractivity contribution in [1.82, 2.24) is 4.57 Å². The number of nitrogens with one attached hydrogen (secondary N) is 1. The fourth-order valence-electron chi connectivity index (χ4n) is 3.84. The summed E-state index contributed by atoms with van der Waals surface area (Å²) in [5, 5.41) is 2.65. The van der Waals surface area contributed by atoms with Crippen LogP contribution in [0, 0.1) is 11.7 Å². The summed E-state index contributed by atoms with van der Waals surface area (Å²) in [6.45, 7) is 1.14. The maximum Gasteiger partial charge on any atom is 0.229 e. The van der Waals surface area contributed by atoms with Gasteiger partial charge >= 0.3 is 0 Å². The first-order valence-corrected chi connectivity index (χ1v) is 10.0. The molecule has 2 aliphatic heterocycles. The maximum absolute atomic E-state index is 14.3. The molecule has 0 spiro atoms. The SMILES string of the molecule is O=C(Nc1cc(-n2cccc2)ccc1F)C1CC(=O)N(c2ccc3c(c2)OCCO3)C1. The topological polar surface area (TPSA) is 72.8 Å². The van der Waals surface area contributed by atoms with Crippen molar-refractivity contribution in [3.05, 3.63) is 66.7 Å². The number of rotatable bonds is 4. The molecule has 0 aliphatic carbocycles. The average molecular weight is 421 g/mol. The van der Waals surface area contributed by atoms with Crippen molar-refractivity contribution >= 4 is 23.2 Å². The number of carbonyl (C=O) groups excluding carboxylic acids is 2. The molecule has 0 radical (unpaired) electrons. The Morgan fingerprint density at radius 3 is 2.55 bits per heavy atom. The lowest BCUT2D eigenvalue weighted by atomic mass is 10.1. The summed E-state index contributed by atoms with van der Waals surface area (Å²) in [4.78, 5) is 26.9. The molecule has 1 N–H and O–H groups in total. The highest BCUT2D eigenvalue weighted by Gasteiger charge is 2.36. The smallest absolute Gasteiger partial charge is 0.229 e. The van der Waals surface area contributed by atoms with Crippen LogP contribution in [0.1, 0.15) is 6.42 Å². The van der Waals surface area contributed by atoms with E-state index in [1.807, 2.05) is 29.1 Å². The molecule has 1 saturated heterocycles. The van der Waals surface area contributed by atoms with Gasteiger partial charge in [0.15, 0.2) is 11.5 Å². The molecule has 31 heavy (non-hydrogen) atoms. The van der Waals surface area contributed by atoms with Gasteiger partial charge in [0.1, 0.15) is 19.0 Å². The monoisotopic (exact) mass is 421 g/mol. The van der Waals surface area contributed by atoms with Gasteiger partial charge in [-0.25, -0.2) is 4.39 Å². The molecule has 1 atom stereocenters.